The van der Waals surface area contributed by atoms with Crippen molar-refractivity contribution in [2.75, 3.05) is 12.0 Å². The second kappa shape index (κ2) is 7.28. The minimum atomic E-state index is -0.909. The molecule has 5 heteroatoms. The van der Waals surface area contributed by atoms with E-state index in [2.05, 4.69) is 12.2 Å². The van der Waals surface area contributed by atoms with Crippen molar-refractivity contribution in [1.29, 1.82) is 0 Å². The highest BCUT2D eigenvalue weighted by Gasteiger charge is 2.04. The maximum atomic E-state index is 11.0. The van der Waals surface area contributed by atoms with E-state index in [1.54, 1.807) is 30.5 Å². The fourth-order valence-corrected chi connectivity index (χ4v) is 2.19. The van der Waals surface area contributed by atoms with Gasteiger partial charge in [0.1, 0.15) is 0 Å². The van der Waals surface area contributed by atoms with Crippen LogP contribution in [0.2, 0.25) is 0 Å². The number of benzene rings is 1. The Morgan fingerprint density at radius 2 is 2.00 bits per heavy atom. The van der Waals surface area contributed by atoms with Crippen molar-refractivity contribution in [3.8, 4) is 0 Å². The van der Waals surface area contributed by atoms with E-state index >= 15 is 0 Å². The van der Waals surface area contributed by atoms with Crippen molar-refractivity contribution in [3.63, 3.8) is 0 Å². The van der Waals surface area contributed by atoms with Crippen LogP contribution in [0.3, 0.4) is 0 Å². The molecule has 1 rings (SSSR count). The third-order valence-electron chi connectivity index (χ3n) is 2.69. The standard InChI is InChI=1S/C13H19NO3S/c1-10(7-8-18(2)17)14-9-11-3-5-12(6-4-11)13(15)16/h3-6,10,14H,7-9H2,1-2H3,(H,15,16). The monoisotopic (exact) mass is 269 g/mol. The third kappa shape index (κ3) is 5.42. The van der Waals surface area contributed by atoms with Crippen LogP contribution < -0.4 is 5.32 Å². The van der Waals surface area contributed by atoms with Gasteiger partial charge >= 0.3 is 5.97 Å². The predicted molar refractivity (Wildman–Crippen MR) is 73.3 cm³/mol. The van der Waals surface area contributed by atoms with Crippen LogP contribution in [-0.4, -0.2) is 33.3 Å². The van der Waals surface area contributed by atoms with Crippen LogP contribution in [0.15, 0.2) is 24.3 Å². The van der Waals surface area contributed by atoms with Gasteiger partial charge < -0.3 is 10.4 Å². The van der Waals surface area contributed by atoms with E-state index in [9.17, 15) is 9.00 Å². The molecular formula is C13H19NO3S. The van der Waals surface area contributed by atoms with E-state index in [0.717, 1.165) is 12.0 Å². The molecule has 2 atom stereocenters. The zero-order chi connectivity index (χ0) is 13.5. The smallest absolute Gasteiger partial charge is 0.335 e. The van der Waals surface area contributed by atoms with Crippen molar-refractivity contribution in [2.45, 2.75) is 25.9 Å². The van der Waals surface area contributed by atoms with Gasteiger partial charge in [0.25, 0.3) is 0 Å². The highest BCUT2D eigenvalue weighted by atomic mass is 32.2. The molecule has 0 amide bonds. The molecule has 0 heterocycles. The summed E-state index contributed by atoms with van der Waals surface area (Å²) >= 11 is 0. The molecule has 0 aliphatic heterocycles. The summed E-state index contributed by atoms with van der Waals surface area (Å²) in [5, 5.41) is 12.1. The second-order valence-electron chi connectivity index (χ2n) is 4.35. The quantitative estimate of drug-likeness (QED) is 0.789. The SMILES string of the molecule is CC(CCS(C)=O)NCc1ccc(C(=O)O)cc1. The molecule has 2 unspecified atom stereocenters. The maximum absolute atomic E-state index is 11.0. The molecule has 4 nitrogen and oxygen atoms in total. The summed E-state index contributed by atoms with van der Waals surface area (Å²) < 4.78 is 11.0. The summed E-state index contributed by atoms with van der Waals surface area (Å²) in [7, 11) is -0.748. The van der Waals surface area contributed by atoms with Crippen LogP contribution in [0.5, 0.6) is 0 Å². The fourth-order valence-electron chi connectivity index (χ4n) is 1.50. The van der Waals surface area contributed by atoms with E-state index in [4.69, 9.17) is 5.11 Å². The first kappa shape index (κ1) is 14.9. The molecule has 2 N–H and O–H groups in total. The first-order valence-electron chi connectivity index (χ1n) is 5.84. The number of carboxylic acids is 1. The molecule has 1 aromatic rings. The van der Waals surface area contributed by atoms with E-state index < -0.39 is 16.8 Å². The molecule has 0 bridgehead atoms. The number of aromatic carboxylic acids is 1. The summed E-state index contributed by atoms with van der Waals surface area (Å²) in [4.78, 5) is 10.7. The predicted octanol–water partition coefficient (Wildman–Crippen LogP) is 1.63. The van der Waals surface area contributed by atoms with Gasteiger partial charge in [0.15, 0.2) is 0 Å². The summed E-state index contributed by atoms with van der Waals surface area (Å²) in [5.41, 5.74) is 1.35. The Labute approximate surface area is 110 Å². The van der Waals surface area contributed by atoms with Crippen molar-refractivity contribution in [2.24, 2.45) is 0 Å². The van der Waals surface area contributed by atoms with Crippen molar-refractivity contribution >= 4 is 16.8 Å². The lowest BCUT2D eigenvalue weighted by atomic mass is 10.1. The fraction of sp³-hybridized carbons (Fsp3) is 0.462. The Balaban J connectivity index is 2.39. The Bertz CT molecular complexity index is 417. The Morgan fingerprint density at radius 1 is 1.39 bits per heavy atom. The van der Waals surface area contributed by atoms with Crippen LogP contribution in [-0.2, 0) is 17.3 Å². The normalized spacial score (nSPS) is 14.1. The second-order valence-corrected chi connectivity index (χ2v) is 5.90. The highest BCUT2D eigenvalue weighted by molar-refractivity contribution is 7.84. The van der Waals surface area contributed by atoms with Gasteiger partial charge in [0, 0.05) is 35.4 Å². The Hall–Kier alpha value is -1.20. The number of carbonyl (C=O) groups is 1. The minimum Gasteiger partial charge on any atom is -0.478 e. The molecule has 0 fully saturated rings. The molecule has 1 aromatic carbocycles. The molecule has 0 aromatic heterocycles. The third-order valence-corrected chi connectivity index (χ3v) is 3.50. The van der Waals surface area contributed by atoms with Crippen molar-refractivity contribution < 1.29 is 14.1 Å². The number of hydrogen-bond acceptors (Lipinski definition) is 3. The van der Waals surface area contributed by atoms with Gasteiger partial charge in [0.2, 0.25) is 0 Å². The van der Waals surface area contributed by atoms with Crippen LogP contribution in [0.4, 0.5) is 0 Å². The zero-order valence-electron chi connectivity index (χ0n) is 10.7. The molecule has 0 radical (unpaired) electrons. The van der Waals surface area contributed by atoms with Gasteiger partial charge in [-0.15, -0.1) is 0 Å². The summed E-state index contributed by atoms with van der Waals surface area (Å²) in [6.07, 6.45) is 2.58. The maximum Gasteiger partial charge on any atom is 0.335 e. The topological polar surface area (TPSA) is 66.4 Å². The van der Waals surface area contributed by atoms with Crippen LogP contribution >= 0.6 is 0 Å². The molecule has 0 spiro atoms. The molecule has 0 saturated carbocycles. The van der Waals surface area contributed by atoms with Gasteiger partial charge in [-0.25, -0.2) is 4.79 Å². The van der Waals surface area contributed by atoms with E-state index in [-0.39, 0.29) is 0 Å². The summed E-state index contributed by atoms with van der Waals surface area (Å²) in [6.45, 7) is 2.75. The number of rotatable bonds is 7. The number of carboxylic acid groups (broad SMARTS) is 1. The summed E-state index contributed by atoms with van der Waals surface area (Å²) in [6, 6.07) is 7.12. The molecule has 0 aliphatic carbocycles. The molecule has 100 valence electrons. The Morgan fingerprint density at radius 3 is 2.50 bits per heavy atom. The van der Waals surface area contributed by atoms with Crippen LogP contribution in [0.25, 0.3) is 0 Å². The van der Waals surface area contributed by atoms with Gasteiger partial charge in [-0.05, 0) is 31.0 Å². The van der Waals surface area contributed by atoms with Gasteiger partial charge in [-0.2, -0.15) is 0 Å². The molecule has 0 saturated heterocycles. The largest absolute Gasteiger partial charge is 0.478 e. The van der Waals surface area contributed by atoms with E-state index in [1.807, 2.05) is 0 Å². The molecule has 18 heavy (non-hydrogen) atoms. The van der Waals surface area contributed by atoms with E-state index in [0.29, 0.717) is 23.9 Å². The lowest BCUT2D eigenvalue weighted by molar-refractivity contribution is 0.0697. The van der Waals surface area contributed by atoms with Gasteiger partial charge in [-0.3, -0.25) is 4.21 Å². The minimum absolute atomic E-state index is 0.299. The summed E-state index contributed by atoms with van der Waals surface area (Å²) in [5.74, 6) is -0.208. The number of hydrogen-bond donors (Lipinski definition) is 2. The van der Waals surface area contributed by atoms with E-state index in [1.165, 1.54) is 0 Å². The first-order chi connectivity index (χ1) is 8.49. The lowest BCUT2D eigenvalue weighted by Crippen LogP contribution is -2.26. The lowest BCUT2D eigenvalue weighted by Gasteiger charge is -2.13. The Kier molecular flexibility index (Phi) is 6.01. The van der Waals surface area contributed by atoms with Crippen molar-refractivity contribution in [3.05, 3.63) is 35.4 Å². The average molecular weight is 269 g/mol. The number of nitrogens with one attached hydrogen (secondary N) is 1. The van der Waals surface area contributed by atoms with Gasteiger partial charge in [0.05, 0.1) is 5.56 Å². The van der Waals surface area contributed by atoms with Crippen LogP contribution in [0, 0.1) is 0 Å². The molecular weight excluding hydrogens is 250 g/mol. The van der Waals surface area contributed by atoms with Gasteiger partial charge in [-0.1, -0.05) is 12.1 Å². The average Bonchev–Trinajstić information content (AvgIpc) is 2.34. The first-order valence-corrected chi connectivity index (χ1v) is 7.57. The highest BCUT2D eigenvalue weighted by Crippen LogP contribution is 2.05. The van der Waals surface area contributed by atoms with Crippen molar-refractivity contribution in [1.82, 2.24) is 5.32 Å². The molecule has 0 aliphatic rings. The zero-order valence-corrected chi connectivity index (χ0v) is 11.5. The van der Waals surface area contributed by atoms with Crippen LogP contribution in [0.1, 0.15) is 29.3 Å².